The van der Waals surface area contributed by atoms with Gasteiger partial charge in [0.2, 0.25) is 0 Å². The lowest BCUT2D eigenvalue weighted by Crippen LogP contribution is -2.22. The molecule has 2 N–H and O–H groups in total. The van der Waals surface area contributed by atoms with Crippen molar-refractivity contribution in [3.8, 4) is 0 Å². The highest BCUT2D eigenvalue weighted by molar-refractivity contribution is 5.87. The van der Waals surface area contributed by atoms with E-state index in [-0.39, 0.29) is 12.0 Å². The molecular formula is C13H16O3. The van der Waals surface area contributed by atoms with E-state index >= 15 is 0 Å². The predicted octanol–water partition coefficient (Wildman–Crippen LogP) is 2.40. The van der Waals surface area contributed by atoms with Gasteiger partial charge in [0.15, 0.2) is 0 Å². The summed E-state index contributed by atoms with van der Waals surface area (Å²) in [5.41, 5.74) is 1.35. The summed E-state index contributed by atoms with van der Waals surface area (Å²) >= 11 is 0. The molecule has 0 bridgehead atoms. The van der Waals surface area contributed by atoms with E-state index in [4.69, 9.17) is 5.11 Å². The van der Waals surface area contributed by atoms with E-state index in [1.807, 2.05) is 12.1 Å². The Balaban J connectivity index is 2.17. The monoisotopic (exact) mass is 220 g/mol. The van der Waals surface area contributed by atoms with Gasteiger partial charge in [-0.1, -0.05) is 25.0 Å². The maximum atomic E-state index is 10.7. The minimum Gasteiger partial charge on any atom is -0.478 e. The van der Waals surface area contributed by atoms with Crippen LogP contribution in [0.4, 0.5) is 0 Å². The molecule has 2 rings (SSSR count). The van der Waals surface area contributed by atoms with Gasteiger partial charge in [0.05, 0.1) is 11.7 Å². The summed E-state index contributed by atoms with van der Waals surface area (Å²) in [7, 11) is 0. The van der Waals surface area contributed by atoms with Crippen molar-refractivity contribution in [2.24, 2.45) is 0 Å². The van der Waals surface area contributed by atoms with Gasteiger partial charge in [-0.05, 0) is 30.5 Å². The van der Waals surface area contributed by atoms with Gasteiger partial charge in [-0.2, -0.15) is 0 Å². The molecule has 86 valence electrons. The summed E-state index contributed by atoms with van der Waals surface area (Å²) in [6, 6.07) is 6.86. The number of aliphatic hydroxyl groups is 1. The quantitative estimate of drug-likeness (QED) is 0.804. The molecule has 3 heteroatoms. The molecule has 1 aromatic rings. The van der Waals surface area contributed by atoms with E-state index in [0.29, 0.717) is 5.56 Å². The molecule has 1 aliphatic carbocycles. The molecule has 0 aliphatic heterocycles. The second-order valence-corrected chi connectivity index (χ2v) is 4.39. The van der Waals surface area contributed by atoms with Crippen molar-refractivity contribution in [2.45, 2.75) is 37.7 Å². The van der Waals surface area contributed by atoms with Gasteiger partial charge in [0, 0.05) is 5.92 Å². The van der Waals surface area contributed by atoms with Gasteiger partial charge in [0.25, 0.3) is 0 Å². The van der Waals surface area contributed by atoms with Crippen LogP contribution in [-0.4, -0.2) is 22.3 Å². The van der Waals surface area contributed by atoms with Crippen LogP contribution in [0.5, 0.6) is 0 Å². The number of aliphatic hydroxyl groups excluding tert-OH is 1. The van der Waals surface area contributed by atoms with Crippen LogP contribution in [0.15, 0.2) is 24.3 Å². The lowest BCUT2D eigenvalue weighted by atomic mass is 9.81. The smallest absolute Gasteiger partial charge is 0.335 e. The third kappa shape index (κ3) is 2.25. The van der Waals surface area contributed by atoms with E-state index in [1.165, 1.54) is 0 Å². The Morgan fingerprint density at radius 1 is 1.12 bits per heavy atom. The average Bonchev–Trinajstić information content (AvgIpc) is 2.30. The fourth-order valence-electron chi connectivity index (χ4n) is 2.37. The summed E-state index contributed by atoms with van der Waals surface area (Å²) in [4.78, 5) is 10.7. The summed E-state index contributed by atoms with van der Waals surface area (Å²) in [5, 5.41) is 18.7. The standard InChI is InChI=1S/C13H16O3/c14-12-4-2-1-3-11(12)9-5-7-10(8-6-9)13(15)16/h5-8,11-12,14H,1-4H2,(H,15,16)/t11-,12-/m1/s1. The number of hydrogen-bond donors (Lipinski definition) is 2. The Morgan fingerprint density at radius 3 is 2.31 bits per heavy atom. The molecule has 1 saturated carbocycles. The van der Waals surface area contributed by atoms with Gasteiger partial charge in [-0.15, -0.1) is 0 Å². The Morgan fingerprint density at radius 2 is 1.75 bits per heavy atom. The summed E-state index contributed by atoms with van der Waals surface area (Å²) in [6.07, 6.45) is 3.80. The van der Waals surface area contributed by atoms with Crippen molar-refractivity contribution in [1.82, 2.24) is 0 Å². The predicted molar refractivity (Wildman–Crippen MR) is 60.6 cm³/mol. The molecule has 0 radical (unpaired) electrons. The van der Waals surface area contributed by atoms with Crippen LogP contribution in [0.2, 0.25) is 0 Å². The van der Waals surface area contributed by atoms with Crippen molar-refractivity contribution >= 4 is 5.97 Å². The fourth-order valence-corrected chi connectivity index (χ4v) is 2.37. The molecule has 16 heavy (non-hydrogen) atoms. The average molecular weight is 220 g/mol. The maximum Gasteiger partial charge on any atom is 0.335 e. The number of carboxylic acid groups (broad SMARTS) is 1. The molecule has 1 fully saturated rings. The number of rotatable bonds is 2. The van der Waals surface area contributed by atoms with Gasteiger partial charge in [0.1, 0.15) is 0 Å². The van der Waals surface area contributed by atoms with Crippen molar-refractivity contribution in [1.29, 1.82) is 0 Å². The number of carboxylic acids is 1. The largest absolute Gasteiger partial charge is 0.478 e. The zero-order chi connectivity index (χ0) is 11.5. The fraction of sp³-hybridized carbons (Fsp3) is 0.462. The van der Waals surface area contributed by atoms with Crippen LogP contribution in [0.1, 0.15) is 47.5 Å². The van der Waals surface area contributed by atoms with Crippen LogP contribution in [0.3, 0.4) is 0 Å². The third-order valence-corrected chi connectivity index (χ3v) is 3.32. The second-order valence-electron chi connectivity index (χ2n) is 4.39. The van der Waals surface area contributed by atoms with E-state index in [9.17, 15) is 9.90 Å². The van der Waals surface area contributed by atoms with Gasteiger partial charge in [-0.25, -0.2) is 4.79 Å². The Kier molecular flexibility index (Phi) is 3.25. The molecule has 1 aromatic carbocycles. The number of benzene rings is 1. The van der Waals surface area contributed by atoms with Crippen molar-refractivity contribution in [2.75, 3.05) is 0 Å². The summed E-state index contributed by atoms with van der Waals surface area (Å²) < 4.78 is 0. The molecule has 0 amide bonds. The number of hydrogen-bond acceptors (Lipinski definition) is 2. The lowest BCUT2D eigenvalue weighted by Gasteiger charge is -2.27. The van der Waals surface area contributed by atoms with Crippen LogP contribution in [-0.2, 0) is 0 Å². The van der Waals surface area contributed by atoms with Crippen LogP contribution in [0.25, 0.3) is 0 Å². The van der Waals surface area contributed by atoms with Crippen LogP contribution >= 0.6 is 0 Å². The first-order valence-electron chi connectivity index (χ1n) is 5.70. The van der Waals surface area contributed by atoms with E-state index in [1.54, 1.807) is 12.1 Å². The van der Waals surface area contributed by atoms with Gasteiger partial charge >= 0.3 is 5.97 Å². The molecule has 0 spiro atoms. The van der Waals surface area contributed by atoms with Gasteiger partial charge < -0.3 is 10.2 Å². The van der Waals surface area contributed by atoms with Crippen LogP contribution in [0, 0.1) is 0 Å². The maximum absolute atomic E-state index is 10.7. The molecule has 0 unspecified atom stereocenters. The van der Waals surface area contributed by atoms with E-state index in [0.717, 1.165) is 31.2 Å². The molecule has 0 aromatic heterocycles. The molecule has 3 nitrogen and oxygen atoms in total. The van der Waals surface area contributed by atoms with Crippen LogP contribution < -0.4 is 0 Å². The Hall–Kier alpha value is -1.35. The highest BCUT2D eigenvalue weighted by Gasteiger charge is 2.24. The summed E-state index contributed by atoms with van der Waals surface area (Å²) in [6.45, 7) is 0. The second kappa shape index (κ2) is 4.66. The first-order chi connectivity index (χ1) is 7.68. The number of aromatic carboxylic acids is 1. The van der Waals surface area contributed by atoms with Crippen molar-refractivity contribution in [3.63, 3.8) is 0 Å². The first kappa shape index (κ1) is 11.1. The molecular weight excluding hydrogens is 204 g/mol. The topological polar surface area (TPSA) is 57.5 Å². The zero-order valence-electron chi connectivity index (χ0n) is 9.10. The lowest BCUT2D eigenvalue weighted by molar-refractivity contribution is 0.0697. The highest BCUT2D eigenvalue weighted by atomic mass is 16.4. The Bertz CT molecular complexity index is 369. The molecule has 2 atom stereocenters. The minimum absolute atomic E-state index is 0.177. The molecule has 0 saturated heterocycles. The molecule has 1 aliphatic rings. The first-order valence-corrected chi connectivity index (χ1v) is 5.70. The zero-order valence-corrected chi connectivity index (χ0v) is 9.10. The van der Waals surface area contributed by atoms with E-state index in [2.05, 4.69) is 0 Å². The number of carbonyl (C=O) groups is 1. The minimum atomic E-state index is -0.907. The SMILES string of the molecule is O=C(O)c1ccc([C@H]2CCCC[C@H]2O)cc1. The third-order valence-electron chi connectivity index (χ3n) is 3.32. The van der Waals surface area contributed by atoms with Crippen molar-refractivity contribution < 1.29 is 15.0 Å². The van der Waals surface area contributed by atoms with Crippen molar-refractivity contribution in [3.05, 3.63) is 35.4 Å². The van der Waals surface area contributed by atoms with E-state index < -0.39 is 5.97 Å². The molecule has 0 heterocycles. The summed E-state index contributed by atoms with van der Waals surface area (Å²) in [5.74, 6) is -0.729. The highest BCUT2D eigenvalue weighted by Crippen LogP contribution is 2.32. The Labute approximate surface area is 94.7 Å². The normalized spacial score (nSPS) is 25.3. The van der Waals surface area contributed by atoms with Gasteiger partial charge in [-0.3, -0.25) is 0 Å².